The van der Waals surface area contributed by atoms with Gasteiger partial charge in [-0.1, -0.05) is 36.8 Å². The average Bonchev–Trinajstić information content (AvgIpc) is 3.03. The van der Waals surface area contributed by atoms with Crippen LogP contribution in [-0.4, -0.2) is 44.2 Å². The summed E-state index contributed by atoms with van der Waals surface area (Å²) in [4.78, 5) is 48.1. The van der Waals surface area contributed by atoms with Crippen LogP contribution in [0.5, 0.6) is 0 Å². The number of amides is 1. The Morgan fingerprint density at radius 3 is 2.22 bits per heavy atom. The van der Waals surface area contributed by atoms with Gasteiger partial charge in [0.15, 0.2) is 0 Å². The van der Waals surface area contributed by atoms with Crippen molar-refractivity contribution >= 4 is 29.1 Å². The molecule has 1 heterocycles. The Labute approximate surface area is 183 Å². The minimum Gasteiger partial charge on any atom is -0.507 e. The second kappa shape index (κ2) is 9.86. The summed E-state index contributed by atoms with van der Waals surface area (Å²) in [6.07, 6.45) is 1.56. The molecule has 0 saturated carbocycles. The van der Waals surface area contributed by atoms with E-state index in [1.807, 2.05) is 0 Å². The van der Waals surface area contributed by atoms with Gasteiger partial charge in [-0.25, -0.2) is 0 Å². The van der Waals surface area contributed by atoms with Crippen LogP contribution in [0.3, 0.4) is 0 Å². The lowest BCUT2D eigenvalue weighted by molar-refractivity contribution is -0.384. The number of aliphatic hydroxyl groups is 1. The highest BCUT2D eigenvalue weighted by atomic mass is 16.6. The Balaban J connectivity index is 1.95. The molecule has 0 radical (unpaired) electrons. The van der Waals surface area contributed by atoms with Gasteiger partial charge in [0.05, 0.1) is 16.5 Å². The van der Waals surface area contributed by atoms with Crippen molar-refractivity contribution < 1.29 is 29.5 Å². The summed E-state index contributed by atoms with van der Waals surface area (Å²) in [6.45, 7) is 0.223. The van der Waals surface area contributed by atoms with E-state index >= 15 is 0 Å². The van der Waals surface area contributed by atoms with E-state index in [1.165, 1.54) is 29.2 Å². The number of nitro groups is 1. The third-order valence-corrected chi connectivity index (χ3v) is 5.30. The number of aliphatic carboxylic acids is 1. The fourth-order valence-electron chi connectivity index (χ4n) is 3.72. The molecule has 0 aromatic heterocycles. The number of hydrogen-bond donors (Lipinski definition) is 2. The van der Waals surface area contributed by atoms with Crippen molar-refractivity contribution in [2.24, 2.45) is 0 Å². The summed E-state index contributed by atoms with van der Waals surface area (Å²) in [6, 6.07) is 13.1. The normalized spacial score (nSPS) is 17.5. The summed E-state index contributed by atoms with van der Waals surface area (Å²) < 4.78 is 0. The summed E-state index contributed by atoms with van der Waals surface area (Å²) in [7, 11) is 0. The molecule has 0 unspecified atom stereocenters. The Morgan fingerprint density at radius 2 is 1.62 bits per heavy atom. The number of likely N-dealkylation sites (tertiary alicyclic amines) is 1. The fourth-order valence-corrected chi connectivity index (χ4v) is 3.72. The van der Waals surface area contributed by atoms with Crippen LogP contribution in [-0.2, 0) is 14.4 Å². The van der Waals surface area contributed by atoms with E-state index in [2.05, 4.69) is 0 Å². The smallest absolute Gasteiger partial charge is 0.303 e. The van der Waals surface area contributed by atoms with E-state index in [4.69, 9.17) is 5.11 Å². The van der Waals surface area contributed by atoms with Crippen LogP contribution in [0.25, 0.3) is 5.76 Å². The summed E-state index contributed by atoms with van der Waals surface area (Å²) in [5.41, 5.74) is 0.584. The molecule has 2 aromatic carbocycles. The largest absolute Gasteiger partial charge is 0.507 e. The van der Waals surface area contributed by atoms with E-state index in [1.54, 1.807) is 30.3 Å². The number of benzene rings is 2. The van der Waals surface area contributed by atoms with Gasteiger partial charge < -0.3 is 15.1 Å². The molecule has 166 valence electrons. The number of Topliss-reactive ketones (excluding diaryl/α,β-unsaturated/α-hetero) is 1. The van der Waals surface area contributed by atoms with Gasteiger partial charge in [-0.15, -0.1) is 0 Å². The Kier molecular flexibility index (Phi) is 6.99. The van der Waals surface area contributed by atoms with E-state index in [0.717, 1.165) is 0 Å². The number of non-ortho nitro benzene ring substituents is 1. The number of ketones is 1. The quantitative estimate of drug-likeness (QED) is 0.152. The van der Waals surface area contributed by atoms with Crippen LogP contribution in [0.1, 0.15) is 42.9 Å². The monoisotopic (exact) mass is 438 g/mol. The Morgan fingerprint density at radius 1 is 0.969 bits per heavy atom. The van der Waals surface area contributed by atoms with Crippen LogP contribution in [0.4, 0.5) is 5.69 Å². The maximum absolute atomic E-state index is 12.9. The topological polar surface area (TPSA) is 138 Å². The lowest BCUT2D eigenvalue weighted by Gasteiger charge is -2.25. The van der Waals surface area contributed by atoms with Crippen LogP contribution in [0.2, 0.25) is 0 Å². The molecule has 9 nitrogen and oxygen atoms in total. The van der Waals surface area contributed by atoms with Crippen LogP contribution in [0, 0.1) is 10.1 Å². The molecule has 1 atom stereocenters. The van der Waals surface area contributed by atoms with Gasteiger partial charge in [0, 0.05) is 30.7 Å². The van der Waals surface area contributed by atoms with Gasteiger partial charge in [-0.05, 0) is 30.5 Å². The van der Waals surface area contributed by atoms with Crippen molar-refractivity contribution in [1.29, 1.82) is 0 Å². The number of carboxylic acid groups (broad SMARTS) is 1. The second-order valence-corrected chi connectivity index (χ2v) is 7.41. The average molecular weight is 438 g/mol. The SMILES string of the molecule is O=C(O)CCCCCN1C(=O)C(=O)C(=C(O)c2ccc([N+](=O)[O-])cc2)[C@H]1c1ccccc1. The number of aliphatic hydroxyl groups excluding tert-OH is 1. The molecule has 0 bridgehead atoms. The molecule has 32 heavy (non-hydrogen) atoms. The van der Waals surface area contributed by atoms with Crippen molar-refractivity contribution in [3.63, 3.8) is 0 Å². The summed E-state index contributed by atoms with van der Waals surface area (Å²) in [5.74, 6) is -2.88. The molecule has 1 fully saturated rings. The predicted molar refractivity (Wildman–Crippen MR) is 115 cm³/mol. The lowest BCUT2D eigenvalue weighted by Crippen LogP contribution is -2.30. The number of nitrogens with zero attached hydrogens (tertiary/aromatic N) is 2. The van der Waals surface area contributed by atoms with Gasteiger partial charge in [-0.3, -0.25) is 24.5 Å². The number of nitro benzene ring substituents is 1. The van der Waals surface area contributed by atoms with Gasteiger partial charge in [0.2, 0.25) is 0 Å². The molecule has 1 amide bonds. The molecule has 3 rings (SSSR count). The molecule has 0 spiro atoms. The number of hydrogen-bond acceptors (Lipinski definition) is 6. The molecule has 1 aliphatic heterocycles. The molecule has 1 saturated heterocycles. The Bertz CT molecular complexity index is 1060. The number of rotatable bonds is 9. The standard InChI is InChI=1S/C23H22N2O7/c26-18(27)9-5-2-6-14-24-20(15-7-3-1-4-8-15)19(22(29)23(24)30)21(28)16-10-12-17(13-11-16)25(31)32/h1,3-4,7-8,10-13,20,28H,2,5-6,9,14H2,(H,26,27)/t20-/m1/s1. The van der Waals surface area contributed by atoms with Crippen molar-refractivity contribution in [3.05, 3.63) is 81.4 Å². The minimum absolute atomic E-state index is 0.0288. The molecule has 2 N–H and O–H groups in total. The van der Waals surface area contributed by atoms with Gasteiger partial charge in [0.25, 0.3) is 17.4 Å². The van der Waals surface area contributed by atoms with Gasteiger partial charge in [0.1, 0.15) is 5.76 Å². The number of carboxylic acids is 1. The zero-order chi connectivity index (χ0) is 23.3. The van der Waals surface area contributed by atoms with Gasteiger partial charge >= 0.3 is 5.97 Å². The number of carbonyl (C=O) groups excluding carboxylic acids is 2. The minimum atomic E-state index is -0.891. The number of unbranched alkanes of at least 4 members (excludes halogenated alkanes) is 2. The van der Waals surface area contributed by atoms with E-state index in [-0.39, 0.29) is 29.8 Å². The highest BCUT2D eigenvalue weighted by Gasteiger charge is 2.45. The molecule has 9 heteroatoms. The highest BCUT2D eigenvalue weighted by Crippen LogP contribution is 2.39. The van der Waals surface area contributed by atoms with E-state index in [0.29, 0.717) is 24.8 Å². The maximum Gasteiger partial charge on any atom is 0.303 e. The van der Waals surface area contributed by atoms with Gasteiger partial charge in [-0.2, -0.15) is 0 Å². The summed E-state index contributed by atoms with van der Waals surface area (Å²) >= 11 is 0. The van der Waals surface area contributed by atoms with Crippen molar-refractivity contribution in [2.75, 3.05) is 6.54 Å². The zero-order valence-corrected chi connectivity index (χ0v) is 17.1. The van der Waals surface area contributed by atoms with E-state index < -0.39 is 34.4 Å². The maximum atomic E-state index is 12.9. The number of carbonyl (C=O) groups is 3. The molecule has 1 aliphatic rings. The van der Waals surface area contributed by atoms with Crippen molar-refractivity contribution in [2.45, 2.75) is 31.7 Å². The fraction of sp³-hybridized carbons (Fsp3) is 0.261. The first-order valence-electron chi connectivity index (χ1n) is 10.1. The lowest BCUT2D eigenvalue weighted by atomic mass is 9.95. The third-order valence-electron chi connectivity index (χ3n) is 5.30. The molecule has 2 aromatic rings. The third kappa shape index (κ3) is 4.83. The van der Waals surface area contributed by atoms with Crippen LogP contribution in [0.15, 0.2) is 60.2 Å². The van der Waals surface area contributed by atoms with Crippen LogP contribution < -0.4 is 0 Å². The van der Waals surface area contributed by atoms with E-state index in [9.17, 15) is 29.6 Å². The molecular weight excluding hydrogens is 416 g/mol. The molecule has 0 aliphatic carbocycles. The first kappa shape index (κ1) is 22.7. The van der Waals surface area contributed by atoms with Crippen LogP contribution >= 0.6 is 0 Å². The highest BCUT2D eigenvalue weighted by molar-refractivity contribution is 6.46. The first-order valence-corrected chi connectivity index (χ1v) is 10.1. The zero-order valence-electron chi connectivity index (χ0n) is 17.1. The van der Waals surface area contributed by atoms with Crippen molar-refractivity contribution in [3.8, 4) is 0 Å². The van der Waals surface area contributed by atoms with Crippen molar-refractivity contribution in [1.82, 2.24) is 4.90 Å². The second-order valence-electron chi connectivity index (χ2n) is 7.41. The first-order chi connectivity index (χ1) is 15.3. The molecular formula is C23H22N2O7. The summed E-state index contributed by atoms with van der Waals surface area (Å²) in [5, 5.41) is 30.6. The predicted octanol–water partition coefficient (Wildman–Crippen LogP) is 3.66. The Hall–Kier alpha value is -4.01.